The largest absolute Gasteiger partial charge is 0.490 e. The van der Waals surface area contributed by atoms with Crippen LogP contribution in [0.15, 0.2) is 28.9 Å². The molecule has 158 valence electrons. The fourth-order valence-electron chi connectivity index (χ4n) is 4.11. The molecule has 2 atom stereocenters. The van der Waals surface area contributed by atoms with Gasteiger partial charge in [0.1, 0.15) is 6.10 Å². The second-order valence-electron chi connectivity index (χ2n) is 8.06. The molecule has 2 aliphatic rings. The first-order valence-corrected chi connectivity index (χ1v) is 10.8. The van der Waals surface area contributed by atoms with Crippen molar-refractivity contribution in [2.24, 2.45) is 0 Å². The molecular formula is C23H31NO5. The van der Waals surface area contributed by atoms with E-state index in [9.17, 15) is 4.79 Å². The quantitative estimate of drug-likeness (QED) is 0.580. The molecule has 2 aromatic rings. The Balaban J connectivity index is 1.57. The van der Waals surface area contributed by atoms with E-state index in [1.807, 2.05) is 17.0 Å². The molecule has 2 fully saturated rings. The molecule has 4 rings (SSSR count). The molecule has 1 aliphatic heterocycles. The zero-order valence-corrected chi connectivity index (χ0v) is 17.4. The number of hydrogen-bond donors (Lipinski definition) is 0. The van der Waals surface area contributed by atoms with Crippen LogP contribution in [0.2, 0.25) is 0 Å². The number of nitrogens with zero attached hydrogens (tertiary/aromatic N) is 1. The van der Waals surface area contributed by atoms with Crippen LogP contribution in [0.25, 0.3) is 11.0 Å². The average molecular weight is 402 g/mol. The number of carbonyl (C=O) groups excluding carboxylic acids is 1. The summed E-state index contributed by atoms with van der Waals surface area (Å²) >= 11 is 0. The smallest absolute Gasteiger partial charge is 0.252 e. The van der Waals surface area contributed by atoms with Crippen LogP contribution in [0.3, 0.4) is 0 Å². The molecule has 0 N–H and O–H groups in total. The van der Waals surface area contributed by atoms with E-state index < -0.39 is 0 Å². The lowest BCUT2D eigenvalue weighted by molar-refractivity contribution is -0.149. The molecule has 2 heterocycles. The van der Waals surface area contributed by atoms with Crippen molar-refractivity contribution in [3.63, 3.8) is 0 Å². The first kappa shape index (κ1) is 20.2. The van der Waals surface area contributed by atoms with Crippen LogP contribution in [0.5, 0.6) is 5.75 Å². The Bertz CT molecular complexity index is 822. The van der Waals surface area contributed by atoms with Crippen molar-refractivity contribution in [3.8, 4) is 5.75 Å². The normalized spacial score (nSPS) is 20.6. The van der Waals surface area contributed by atoms with Gasteiger partial charge < -0.3 is 23.5 Å². The standard InChI is InChI=1S/C23H31NO5/c1-16(24(19-7-8-19)23(25)20-6-3-4-11-27-20)18-14-17-9-13-29-22(17)21(15-18)28-12-5-10-26-2/h9,13-16,19-20H,3-8,10-12H2,1-2H3/t16-,20-/m1/s1. The molecule has 0 radical (unpaired) electrons. The lowest BCUT2D eigenvalue weighted by Gasteiger charge is -2.34. The SMILES string of the molecule is COCCCOc1cc([C@@H](C)N(C(=O)[C@H]2CCCCO2)C2CC2)cc2ccoc12. The van der Waals surface area contributed by atoms with E-state index in [-0.39, 0.29) is 18.1 Å². The van der Waals surface area contributed by atoms with Gasteiger partial charge in [-0.2, -0.15) is 0 Å². The summed E-state index contributed by atoms with van der Waals surface area (Å²) in [7, 11) is 1.69. The van der Waals surface area contributed by atoms with Crippen molar-refractivity contribution in [3.05, 3.63) is 30.0 Å². The predicted octanol–water partition coefficient (Wildman–Crippen LogP) is 4.47. The van der Waals surface area contributed by atoms with Crippen molar-refractivity contribution in [2.75, 3.05) is 26.9 Å². The Morgan fingerprint density at radius 3 is 2.83 bits per heavy atom. The fourth-order valence-corrected chi connectivity index (χ4v) is 4.11. The van der Waals surface area contributed by atoms with Gasteiger partial charge in [0.15, 0.2) is 11.3 Å². The number of furan rings is 1. The minimum Gasteiger partial charge on any atom is -0.490 e. The summed E-state index contributed by atoms with van der Waals surface area (Å²) in [6, 6.07) is 6.35. The number of rotatable bonds is 9. The lowest BCUT2D eigenvalue weighted by Crippen LogP contribution is -2.44. The van der Waals surface area contributed by atoms with E-state index in [4.69, 9.17) is 18.6 Å². The van der Waals surface area contributed by atoms with Crippen molar-refractivity contribution >= 4 is 16.9 Å². The maximum absolute atomic E-state index is 13.3. The summed E-state index contributed by atoms with van der Waals surface area (Å²) in [5, 5.41) is 0.994. The number of benzene rings is 1. The number of methoxy groups -OCH3 is 1. The monoisotopic (exact) mass is 401 g/mol. The highest BCUT2D eigenvalue weighted by atomic mass is 16.5. The number of amides is 1. The Labute approximate surface area is 172 Å². The van der Waals surface area contributed by atoms with Crippen LogP contribution in [0.1, 0.15) is 57.1 Å². The van der Waals surface area contributed by atoms with E-state index in [1.165, 1.54) is 0 Å². The van der Waals surface area contributed by atoms with Gasteiger partial charge in [0.05, 0.1) is 18.9 Å². The first-order valence-electron chi connectivity index (χ1n) is 10.8. The van der Waals surface area contributed by atoms with Gasteiger partial charge in [0, 0.05) is 38.2 Å². The number of ether oxygens (including phenoxy) is 3. The van der Waals surface area contributed by atoms with Gasteiger partial charge in [-0.25, -0.2) is 0 Å². The molecule has 29 heavy (non-hydrogen) atoms. The second kappa shape index (κ2) is 9.18. The summed E-state index contributed by atoms with van der Waals surface area (Å²) < 4.78 is 22.6. The maximum Gasteiger partial charge on any atom is 0.252 e. The van der Waals surface area contributed by atoms with Gasteiger partial charge in [-0.1, -0.05) is 0 Å². The third-order valence-electron chi connectivity index (χ3n) is 5.84. The summed E-state index contributed by atoms with van der Waals surface area (Å²) in [6.07, 6.45) is 7.25. The highest BCUT2D eigenvalue weighted by molar-refractivity contribution is 5.85. The van der Waals surface area contributed by atoms with Crippen LogP contribution in [-0.2, 0) is 14.3 Å². The predicted molar refractivity (Wildman–Crippen MR) is 110 cm³/mol. The number of carbonyl (C=O) groups is 1. The zero-order chi connectivity index (χ0) is 20.2. The summed E-state index contributed by atoms with van der Waals surface area (Å²) in [5.41, 5.74) is 1.81. The minimum absolute atomic E-state index is 0.0406. The van der Waals surface area contributed by atoms with E-state index in [1.54, 1.807) is 13.4 Å². The van der Waals surface area contributed by atoms with E-state index in [0.29, 0.717) is 25.9 Å². The van der Waals surface area contributed by atoms with E-state index >= 15 is 0 Å². The third kappa shape index (κ3) is 4.59. The van der Waals surface area contributed by atoms with E-state index in [2.05, 4.69) is 13.0 Å². The minimum atomic E-state index is -0.297. The summed E-state index contributed by atoms with van der Waals surface area (Å²) in [4.78, 5) is 15.3. The Morgan fingerprint density at radius 1 is 1.24 bits per heavy atom. The zero-order valence-electron chi connectivity index (χ0n) is 17.4. The molecule has 6 heteroatoms. The summed E-state index contributed by atoms with van der Waals surface area (Å²) in [6.45, 7) is 4.00. The van der Waals surface area contributed by atoms with Gasteiger partial charge in [0.2, 0.25) is 0 Å². The van der Waals surface area contributed by atoms with E-state index in [0.717, 1.165) is 60.8 Å². The third-order valence-corrected chi connectivity index (χ3v) is 5.84. The average Bonchev–Trinajstić information content (AvgIpc) is 3.46. The number of fused-ring (bicyclic) bond motifs is 1. The van der Waals surface area contributed by atoms with Gasteiger partial charge in [0.25, 0.3) is 5.91 Å². The molecule has 1 aliphatic carbocycles. The van der Waals surface area contributed by atoms with Crippen molar-refractivity contribution in [1.29, 1.82) is 0 Å². The van der Waals surface area contributed by atoms with Gasteiger partial charge >= 0.3 is 0 Å². The molecule has 0 unspecified atom stereocenters. The van der Waals surface area contributed by atoms with Crippen LogP contribution >= 0.6 is 0 Å². The summed E-state index contributed by atoms with van der Waals surface area (Å²) in [5.74, 6) is 0.858. The molecule has 1 aromatic heterocycles. The van der Waals surface area contributed by atoms with Crippen LogP contribution < -0.4 is 4.74 Å². The Kier molecular flexibility index (Phi) is 6.40. The Hall–Kier alpha value is -2.05. The van der Waals surface area contributed by atoms with Gasteiger partial charge in [-0.3, -0.25) is 4.79 Å². The Morgan fingerprint density at radius 2 is 2.10 bits per heavy atom. The highest BCUT2D eigenvalue weighted by Gasteiger charge is 2.40. The molecular weight excluding hydrogens is 370 g/mol. The lowest BCUT2D eigenvalue weighted by atomic mass is 10.0. The van der Waals surface area contributed by atoms with Gasteiger partial charge in [-0.15, -0.1) is 0 Å². The molecule has 0 bridgehead atoms. The van der Waals surface area contributed by atoms with Crippen molar-refractivity contribution in [1.82, 2.24) is 4.90 Å². The van der Waals surface area contributed by atoms with Crippen LogP contribution in [0.4, 0.5) is 0 Å². The second-order valence-corrected chi connectivity index (χ2v) is 8.06. The van der Waals surface area contributed by atoms with Crippen molar-refractivity contribution < 1.29 is 23.4 Å². The molecule has 1 saturated heterocycles. The first-order chi connectivity index (χ1) is 14.2. The van der Waals surface area contributed by atoms with Crippen LogP contribution in [0, 0.1) is 0 Å². The molecule has 1 saturated carbocycles. The van der Waals surface area contributed by atoms with Crippen LogP contribution in [-0.4, -0.2) is 49.9 Å². The molecule has 1 amide bonds. The van der Waals surface area contributed by atoms with Crippen molar-refractivity contribution in [2.45, 2.75) is 63.6 Å². The highest BCUT2D eigenvalue weighted by Crippen LogP contribution is 2.39. The molecule has 6 nitrogen and oxygen atoms in total. The topological polar surface area (TPSA) is 61.1 Å². The maximum atomic E-state index is 13.3. The molecule has 0 spiro atoms. The number of hydrogen-bond acceptors (Lipinski definition) is 5. The fraction of sp³-hybridized carbons (Fsp3) is 0.609. The van der Waals surface area contributed by atoms with Gasteiger partial charge in [-0.05, 0) is 62.8 Å². The molecule has 1 aromatic carbocycles.